The predicted octanol–water partition coefficient (Wildman–Crippen LogP) is 3.38. The molecular weight excluding hydrogens is 256 g/mol. The number of rotatable bonds is 6. The molecule has 0 aliphatic carbocycles. The van der Waals surface area contributed by atoms with Crippen LogP contribution in [0.5, 0.6) is 0 Å². The molecule has 0 fully saturated rings. The number of para-hydroxylation sites is 1. The van der Waals surface area contributed by atoms with E-state index in [0.717, 1.165) is 5.69 Å². The molecule has 19 heavy (non-hydrogen) atoms. The topological polar surface area (TPSA) is 41.1 Å². The lowest BCUT2D eigenvalue weighted by atomic mass is 10.1. The summed E-state index contributed by atoms with van der Waals surface area (Å²) in [5, 5.41) is 6.30. The van der Waals surface area contributed by atoms with Crippen molar-refractivity contribution in [2.45, 2.75) is 38.5 Å². The molecule has 4 heteroatoms. The van der Waals surface area contributed by atoms with E-state index >= 15 is 0 Å². The van der Waals surface area contributed by atoms with Crippen molar-refractivity contribution in [2.24, 2.45) is 0 Å². The number of hydrogen-bond acceptors (Lipinski definition) is 3. The molecule has 1 amide bonds. The Kier molecular flexibility index (Phi) is 5.73. The van der Waals surface area contributed by atoms with Gasteiger partial charge in [-0.25, -0.2) is 0 Å². The third-order valence-electron chi connectivity index (χ3n) is 2.84. The van der Waals surface area contributed by atoms with Gasteiger partial charge in [0.25, 0.3) is 5.91 Å². The minimum Gasteiger partial charge on any atom is -0.382 e. The van der Waals surface area contributed by atoms with Crippen LogP contribution in [-0.4, -0.2) is 29.5 Å². The number of thioether (sulfide) groups is 1. The Labute approximate surface area is 120 Å². The predicted molar refractivity (Wildman–Crippen MR) is 85.1 cm³/mol. The Morgan fingerprint density at radius 3 is 2.53 bits per heavy atom. The van der Waals surface area contributed by atoms with E-state index in [4.69, 9.17) is 0 Å². The molecule has 2 N–H and O–H groups in total. The maximum atomic E-state index is 12.2. The van der Waals surface area contributed by atoms with Gasteiger partial charge in [0.05, 0.1) is 5.56 Å². The van der Waals surface area contributed by atoms with Gasteiger partial charge in [0.2, 0.25) is 0 Å². The Balaban J connectivity index is 2.77. The molecule has 0 heterocycles. The van der Waals surface area contributed by atoms with Crippen molar-refractivity contribution in [3.8, 4) is 0 Å². The molecule has 0 unspecified atom stereocenters. The van der Waals surface area contributed by atoms with E-state index in [2.05, 4.69) is 44.6 Å². The van der Waals surface area contributed by atoms with Gasteiger partial charge in [-0.15, -0.1) is 0 Å². The van der Waals surface area contributed by atoms with Crippen LogP contribution in [0.1, 0.15) is 38.1 Å². The van der Waals surface area contributed by atoms with E-state index in [0.29, 0.717) is 18.2 Å². The zero-order chi connectivity index (χ0) is 14.5. The highest BCUT2D eigenvalue weighted by molar-refractivity contribution is 7.99. The van der Waals surface area contributed by atoms with E-state index in [-0.39, 0.29) is 10.7 Å². The number of benzene rings is 1. The second-order valence-corrected chi connectivity index (χ2v) is 7.00. The fraction of sp³-hybridized carbons (Fsp3) is 0.533. The van der Waals surface area contributed by atoms with Crippen molar-refractivity contribution in [1.29, 1.82) is 0 Å². The van der Waals surface area contributed by atoms with Gasteiger partial charge >= 0.3 is 0 Å². The van der Waals surface area contributed by atoms with Crippen LogP contribution >= 0.6 is 11.8 Å². The van der Waals surface area contributed by atoms with E-state index in [1.165, 1.54) is 0 Å². The van der Waals surface area contributed by atoms with E-state index in [9.17, 15) is 4.79 Å². The van der Waals surface area contributed by atoms with Gasteiger partial charge in [0.15, 0.2) is 0 Å². The fourth-order valence-corrected chi connectivity index (χ4v) is 1.80. The summed E-state index contributed by atoms with van der Waals surface area (Å²) in [5.74, 6) is -0.0223. The van der Waals surface area contributed by atoms with Crippen molar-refractivity contribution >= 4 is 23.4 Å². The van der Waals surface area contributed by atoms with Crippen molar-refractivity contribution in [3.05, 3.63) is 29.8 Å². The highest BCUT2D eigenvalue weighted by Crippen LogP contribution is 2.20. The lowest BCUT2D eigenvalue weighted by Crippen LogP contribution is -2.36. The van der Waals surface area contributed by atoms with Crippen LogP contribution in [0.4, 0.5) is 5.69 Å². The molecule has 0 radical (unpaired) electrons. The molecule has 0 bridgehead atoms. The van der Waals surface area contributed by atoms with Gasteiger partial charge in [-0.2, -0.15) is 11.8 Å². The van der Waals surface area contributed by atoms with Crippen molar-refractivity contribution in [1.82, 2.24) is 5.32 Å². The summed E-state index contributed by atoms with van der Waals surface area (Å²) >= 11 is 1.75. The lowest BCUT2D eigenvalue weighted by Gasteiger charge is -2.23. The molecule has 0 aliphatic rings. The SMILES string of the molecule is CSC(C)(C)CNC(=O)c1ccccc1NC(C)C. The summed E-state index contributed by atoms with van der Waals surface area (Å²) in [5.41, 5.74) is 1.59. The Hall–Kier alpha value is -1.16. The summed E-state index contributed by atoms with van der Waals surface area (Å²) in [4.78, 5) is 12.2. The summed E-state index contributed by atoms with van der Waals surface area (Å²) in [6.07, 6.45) is 2.06. The smallest absolute Gasteiger partial charge is 0.253 e. The first-order chi connectivity index (χ1) is 8.85. The monoisotopic (exact) mass is 280 g/mol. The first kappa shape index (κ1) is 15.9. The van der Waals surface area contributed by atoms with Crippen LogP contribution in [0.25, 0.3) is 0 Å². The zero-order valence-electron chi connectivity index (χ0n) is 12.4. The maximum Gasteiger partial charge on any atom is 0.253 e. The molecular formula is C15H24N2OS. The van der Waals surface area contributed by atoms with Crippen molar-refractivity contribution < 1.29 is 4.79 Å². The number of carbonyl (C=O) groups is 1. The van der Waals surface area contributed by atoms with Gasteiger partial charge in [0, 0.05) is 23.0 Å². The number of amides is 1. The molecule has 1 aromatic rings. The zero-order valence-corrected chi connectivity index (χ0v) is 13.2. The van der Waals surface area contributed by atoms with Gasteiger partial charge in [-0.3, -0.25) is 4.79 Å². The third-order valence-corrected chi connectivity index (χ3v) is 4.09. The van der Waals surface area contributed by atoms with Gasteiger partial charge in [0.1, 0.15) is 0 Å². The quantitative estimate of drug-likeness (QED) is 0.839. The summed E-state index contributed by atoms with van der Waals surface area (Å²) in [6, 6.07) is 7.92. The third kappa shape index (κ3) is 5.15. The van der Waals surface area contributed by atoms with Gasteiger partial charge < -0.3 is 10.6 Å². The second-order valence-electron chi connectivity index (χ2n) is 5.49. The van der Waals surface area contributed by atoms with Crippen LogP contribution < -0.4 is 10.6 Å². The minimum absolute atomic E-state index is 0.0223. The number of carbonyl (C=O) groups excluding carboxylic acids is 1. The maximum absolute atomic E-state index is 12.2. The number of hydrogen-bond donors (Lipinski definition) is 2. The molecule has 0 aromatic heterocycles. The molecule has 0 saturated heterocycles. The van der Waals surface area contributed by atoms with Crippen molar-refractivity contribution in [2.75, 3.05) is 18.1 Å². The molecule has 0 spiro atoms. The normalized spacial score (nSPS) is 11.5. The average Bonchev–Trinajstić information content (AvgIpc) is 2.36. The van der Waals surface area contributed by atoms with Crippen LogP contribution in [0.2, 0.25) is 0 Å². The molecule has 106 valence electrons. The number of nitrogens with one attached hydrogen (secondary N) is 2. The molecule has 0 saturated carbocycles. The highest BCUT2D eigenvalue weighted by Gasteiger charge is 2.18. The van der Waals surface area contributed by atoms with Crippen molar-refractivity contribution in [3.63, 3.8) is 0 Å². The fourth-order valence-electron chi connectivity index (χ4n) is 1.58. The Bertz CT molecular complexity index is 430. The second kappa shape index (κ2) is 6.85. The van der Waals surface area contributed by atoms with Crippen LogP contribution in [0, 0.1) is 0 Å². The van der Waals surface area contributed by atoms with Gasteiger partial charge in [-0.1, -0.05) is 12.1 Å². The first-order valence-corrected chi connectivity index (χ1v) is 7.77. The highest BCUT2D eigenvalue weighted by atomic mass is 32.2. The lowest BCUT2D eigenvalue weighted by molar-refractivity contribution is 0.0951. The Morgan fingerprint density at radius 1 is 1.32 bits per heavy atom. The average molecular weight is 280 g/mol. The number of anilines is 1. The molecule has 1 aromatic carbocycles. The molecule has 1 rings (SSSR count). The van der Waals surface area contributed by atoms with E-state index < -0.39 is 0 Å². The minimum atomic E-state index is -0.0223. The van der Waals surface area contributed by atoms with Crippen LogP contribution in [-0.2, 0) is 0 Å². The largest absolute Gasteiger partial charge is 0.382 e. The van der Waals surface area contributed by atoms with Crippen LogP contribution in [0.15, 0.2) is 24.3 Å². The summed E-state index contributed by atoms with van der Waals surface area (Å²) < 4.78 is 0.0517. The Morgan fingerprint density at radius 2 is 1.95 bits per heavy atom. The van der Waals surface area contributed by atoms with Crippen LogP contribution in [0.3, 0.4) is 0 Å². The molecule has 3 nitrogen and oxygen atoms in total. The standard InChI is InChI=1S/C15H24N2OS/c1-11(2)17-13-9-7-6-8-12(13)14(18)16-10-15(3,4)19-5/h6-9,11,17H,10H2,1-5H3,(H,16,18). The molecule has 0 aliphatic heterocycles. The van der Waals surface area contributed by atoms with E-state index in [1.807, 2.05) is 24.3 Å². The van der Waals surface area contributed by atoms with E-state index in [1.54, 1.807) is 11.8 Å². The summed E-state index contributed by atoms with van der Waals surface area (Å²) in [7, 11) is 0. The first-order valence-electron chi connectivity index (χ1n) is 6.54. The summed E-state index contributed by atoms with van der Waals surface area (Å²) in [6.45, 7) is 9.02. The van der Waals surface area contributed by atoms with Gasteiger partial charge in [-0.05, 0) is 46.1 Å². The molecule has 0 atom stereocenters.